The van der Waals surface area contributed by atoms with Gasteiger partial charge in [-0.1, -0.05) is 147 Å². The van der Waals surface area contributed by atoms with Gasteiger partial charge < -0.3 is 9.47 Å². The van der Waals surface area contributed by atoms with E-state index < -0.39 is 0 Å². The summed E-state index contributed by atoms with van der Waals surface area (Å²) in [4.78, 5) is 2.43. The van der Waals surface area contributed by atoms with Crippen molar-refractivity contribution in [1.29, 1.82) is 0 Å². The summed E-state index contributed by atoms with van der Waals surface area (Å²) < 4.78 is 2.37. The predicted molar refractivity (Wildman–Crippen MR) is 240 cm³/mol. The van der Waals surface area contributed by atoms with Crippen LogP contribution < -0.4 is 4.90 Å². The van der Waals surface area contributed by atoms with Crippen LogP contribution in [0.3, 0.4) is 0 Å². The monoisotopic (exact) mass is 726 g/mol. The molecule has 2 aliphatic rings. The lowest BCUT2D eigenvalue weighted by Crippen LogP contribution is -2.16. The number of anilines is 3. The Bertz CT molecular complexity index is 3090. The Kier molecular flexibility index (Phi) is 7.46. The van der Waals surface area contributed by atoms with Crippen LogP contribution in [0.15, 0.2) is 193 Å². The van der Waals surface area contributed by atoms with E-state index in [1.807, 2.05) is 12.2 Å². The van der Waals surface area contributed by atoms with Crippen LogP contribution in [0.2, 0.25) is 0 Å². The summed E-state index contributed by atoms with van der Waals surface area (Å²) in [5, 5.41) is 2.55. The highest BCUT2D eigenvalue weighted by Crippen LogP contribution is 2.54. The van der Waals surface area contributed by atoms with Crippen LogP contribution in [0, 0.1) is 0 Å². The first-order chi connectivity index (χ1) is 28.0. The molecule has 0 atom stereocenters. The summed E-state index contributed by atoms with van der Waals surface area (Å²) in [7, 11) is 0. The van der Waals surface area contributed by atoms with Crippen LogP contribution in [0.1, 0.15) is 36.1 Å². The van der Waals surface area contributed by atoms with Gasteiger partial charge in [0, 0.05) is 38.8 Å². The third-order valence-corrected chi connectivity index (χ3v) is 12.1. The fraction of sp³-hybridized carbons (Fsp3) is 0.0545. The fourth-order valence-corrected chi connectivity index (χ4v) is 9.21. The van der Waals surface area contributed by atoms with E-state index in [1.54, 1.807) is 0 Å². The van der Waals surface area contributed by atoms with E-state index in [2.05, 4.69) is 217 Å². The van der Waals surface area contributed by atoms with Gasteiger partial charge in [-0.2, -0.15) is 0 Å². The molecular formula is C55H38N2. The van der Waals surface area contributed by atoms with Crippen LogP contribution in [0.4, 0.5) is 17.1 Å². The maximum absolute atomic E-state index is 3.11. The summed E-state index contributed by atoms with van der Waals surface area (Å²) in [6.45, 7) is 4.70. The van der Waals surface area contributed by atoms with Gasteiger partial charge in [0.15, 0.2) is 0 Å². The Hall–Kier alpha value is -7.34. The molecule has 2 heteroatoms. The lowest BCUT2D eigenvalue weighted by atomic mass is 9.82. The van der Waals surface area contributed by atoms with Crippen LogP contribution >= 0.6 is 0 Å². The van der Waals surface area contributed by atoms with E-state index >= 15 is 0 Å². The Morgan fingerprint density at radius 3 is 1.65 bits per heavy atom. The second-order valence-corrected chi connectivity index (χ2v) is 15.6. The minimum atomic E-state index is -0.0992. The van der Waals surface area contributed by atoms with Crippen molar-refractivity contribution < 1.29 is 0 Å². The minimum absolute atomic E-state index is 0.0992. The van der Waals surface area contributed by atoms with Crippen LogP contribution in [-0.4, -0.2) is 4.57 Å². The highest BCUT2D eigenvalue weighted by molar-refractivity contribution is 6.09. The average Bonchev–Trinajstić information content (AvgIpc) is 3.73. The summed E-state index contributed by atoms with van der Waals surface area (Å²) in [5.41, 5.74) is 25.5. The molecule has 2 aliphatic carbocycles. The molecule has 2 nitrogen and oxygen atoms in total. The van der Waals surface area contributed by atoms with Crippen molar-refractivity contribution in [2.75, 3.05) is 4.90 Å². The molecule has 0 amide bonds. The second-order valence-electron chi connectivity index (χ2n) is 15.6. The predicted octanol–water partition coefficient (Wildman–Crippen LogP) is 14.7. The van der Waals surface area contributed by atoms with Gasteiger partial charge in [0.05, 0.1) is 16.7 Å². The van der Waals surface area contributed by atoms with E-state index in [-0.39, 0.29) is 5.41 Å². The molecule has 0 bridgehead atoms. The number of hydrogen-bond donors (Lipinski definition) is 0. The smallest absolute Gasteiger partial charge is 0.0543 e. The molecule has 0 fully saturated rings. The molecule has 9 aromatic rings. The SMILES string of the molecule is CC1(C)c2ccccc2-c2c(N(c3ccc(-c4ccc(-n5c6ccccc6c6ccccc65)cc4)cc3)c3ccc(-c4ccc5c(c4)C=C=C=C5)cc3)cccc21. The first-order valence-corrected chi connectivity index (χ1v) is 19.7. The van der Waals surface area contributed by atoms with Gasteiger partial charge in [-0.25, -0.2) is 0 Å². The summed E-state index contributed by atoms with van der Waals surface area (Å²) >= 11 is 0. The number of fused-ring (bicyclic) bond motifs is 7. The van der Waals surface area contributed by atoms with E-state index in [0.29, 0.717) is 0 Å². The lowest BCUT2D eigenvalue weighted by molar-refractivity contribution is 0.660. The Morgan fingerprint density at radius 2 is 0.982 bits per heavy atom. The van der Waals surface area contributed by atoms with Crippen molar-refractivity contribution in [2.24, 2.45) is 0 Å². The summed E-state index contributed by atoms with van der Waals surface area (Å²) in [5.74, 6) is 0. The van der Waals surface area contributed by atoms with Crippen molar-refractivity contribution in [2.45, 2.75) is 19.3 Å². The fourth-order valence-electron chi connectivity index (χ4n) is 9.21. The van der Waals surface area contributed by atoms with Gasteiger partial charge in [0.1, 0.15) is 0 Å². The third-order valence-electron chi connectivity index (χ3n) is 12.1. The van der Waals surface area contributed by atoms with Crippen LogP contribution in [-0.2, 0) is 5.41 Å². The highest BCUT2D eigenvalue weighted by atomic mass is 15.1. The number of aromatic nitrogens is 1. The number of nitrogens with zero attached hydrogens (tertiary/aromatic N) is 2. The van der Waals surface area contributed by atoms with E-state index in [1.165, 1.54) is 83.1 Å². The van der Waals surface area contributed by atoms with Gasteiger partial charge in [-0.05, 0) is 123 Å². The molecule has 1 heterocycles. The zero-order valence-corrected chi connectivity index (χ0v) is 31.9. The van der Waals surface area contributed by atoms with Gasteiger partial charge in [0.25, 0.3) is 0 Å². The minimum Gasteiger partial charge on any atom is -0.310 e. The largest absolute Gasteiger partial charge is 0.310 e. The van der Waals surface area contributed by atoms with Crippen molar-refractivity contribution in [3.05, 3.63) is 216 Å². The zero-order valence-electron chi connectivity index (χ0n) is 31.9. The van der Waals surface area contributed by atoms with Crippen LogP contribution in [0.25, 0.3) is 73.0 Å². The van der Waals surface area contributed by atoms with Crippen molar-refractivity contribution in [3.8, 4) is 39.1 Å². The van der Waals surface area contributed by atoms with E-state index in [9.17, 15) is 0 Å². The van der Waals surface area contributed by atoms with Gasteiger partial charge in [-0.15, -0.1) is 0 Å². The topological polar surface area (TPSA) is 8.17 Å². The number of hydrogen-bond acceptors (Lipinski definition) is 1. The van der Waals surface area contributed by atoms with Gasteiger partial charge >= 0.3 is 0 Å². The second kappa shape index (κ2) is 12.9. The standard InChI is InChI=1S/C55H38N2/c1-55(2)49-17-8-5-16-48(49)54-50(55)18-11-21-53(54)56(44-32-28-40(29-33-44)42-23-22-37-12-3-4-13-41(37)36-42)43-30-24-38(25-31-43)39-26-34-45(35-27-39)57-51-19-9-6-14-46(51)47-15-7-10-20-52(47)57/h5-36H,1-2H3. The Labute approximate surface area is 333 Å². The molecule has 57 heavy (non-hydrogen) atoms. The first kappa shape index (κ1) is 33.0. The number of benzene rings is 8. The molecular weight excluding hydrogens is 689 g/mol. The Balaban J connectivity index is 0.991. The molecule has 0 saturated heterocycles. The number of rotatable bonds is 6. The molecule has 0 saturated carbocycles. The normalized spacial score (nSPS) is 13.2. The average molecular weight is 727 g/mol. The molecule has 0 unspecified atom stereocenters. The van der Waals surface area contributed by atoms with E-state index in [4.69, 9.17) is 0 Å². The van der Waals surface area contributed by atoms with Crippen molar-refractivity contribution in [3.63, 3.8) is 0 Å². The Morgan fingerprint density at radius 1 is 0.456 bits per heavy atom. The molecule has 0 spiro atoms. The highest BCUT2D eigenvalue weighted by Gasteiger charge is 2.37. The molecule has 0 N–H and O–H groups in total. The molecule has 0 aliphatic heterocycles. The van der Waals surface area contributed by atoms with Crippen molar-refractivity contribution in [1.82, 2.24) is 4.57 Å². The zero-order chi connectivity index (χ0) is 38.1. The maximum atomic E-state index is 3.11. The van der Waals surface area contributed by atoms with Crippen molar-refractivity contribution >= 4 is 51.0 Å². The third kappa shape index (κ3) is 5.28. The first-order valence-electron chi connectivity index (χ1n) is 19.7. The van der Waals surface area contributed by atoms with E-state index in [0.717, 1.165) is 17.1 Å². The summed E-state index contributed by atoms with van der Waals surface area (Å²) in [6.07, 6.45) is 4.00. The lowest BCUT2D eigenvalue weighted by Gasteiger charge is -2.29. The molecule has 268 valence electrons. The summed E-state index contributed by atoms with van der Waals surface area (Å²) in [6, 6.07) is 66.7. The molecule has 0 radical (unpaired) electrons. The quantitative estimate of drug-likeness (QED) is 0.155. The molecule has 11 rings (SSSR count). The maximum Gasteiger partial charge on any atom is 0.0543 e. The van der Waals surface area contributed by atoms with Gasteiger partial charge in [0.2, 0.25) is 0 Å². The van der Waals surface area contributed by atoms with Gasteiger partial charge in [-0.3, -0.25) is 0 Å². The molecule has 1 aromatic heterocycles. The number of para-hydroxylation sites is 2. The molecule has 8 aromatic carbocycles. The van der Waals surface area contributed by atoms with Crippen LogP contribution in [0.5, 0.6) is 0 Å².